The van der Waals surface area contributed by atoms with Crippen molar-refractivity contribution < 1.29 is 4.79 Å². The second-order valence-electron chi connectivity index (χ2n) is 5.29. The molecule has 3 nitrogen and oxygen atoms in total. The van der Waals surface area contributed by atoms with E-state index in [0.717, 1.165) is 28.1 Å². The van der Waals surface area contributed by atoms with E-state index >= 15 is 0 Å². The van der Waals surface area contributed by atoms with Crippen molar-refractivity contribution in [2.24, 2.45) is 5.92 Å². The van der Waals surface area contributed by atoms with Gasteiger partial charge in [0.05, 0.1) is 0 Å². The van der Waals surface area contributed by atoms with Gasteiger partial charge in [0, 0.05) is 22.2 Å². The molecule has 1 saturated heterocycles. The summed E-state index contributed by atoms with van der Waals surface area (Å²) in [7, 11) is 0. The lowest BCUT2D eigenvalue weighted by Crippen LogP contribution is -2.39. The quantitative estimate of drug-likeness (QED) is 0.825. The van der Waals surface area contributed by atoms with E-state index in [1.807, 2.05) is 24.3 Å². The molecule has 1 aromatic rings. The van der Waals surface area contributed by atoms with Crippen molar-refractivity contribution in [1.29, 1.82) is 0 Å². The zero-order valence-electron chi connectivity index (χ0n) is 11.4. The Balaban J connectivity index is 1.70. The number of hydrogen-bond donors (Lipinski definition) is 1. The van der Waals surface area contributed by atoms with Crippen LogP contribution in [0.1, 0.15) is 30.1 Å². The molecule has 0 bridgehead atoms. The minimum absolute atomic E-state index is 0.0294. The van der Waals surface area contributed by atoms with Crippen molar-refractivity contribution >= 4 is 28.5 Å². The molecule has 1 aromatic carbocycles. The van der Waals surface area contributed by atoms with E-state index in [1.54, 1.807) is 0 Å². The van der Waals surface area contributed by atoms with Gasteiger partial charge in [-0.3, -0.25) is 4.79 Å². The highest BCUT2D eigenvalue weighted by atomic mass is 127. The molecule has 0 aliphatic carbocycles. The number of rotatable bonds is 4. The third-order valence-corrected chi connectivity index (χ3v) is 4.42. The van der Waals surface area contributed by atoms with Crippen molar-refractivity contribution in [3.8, 4) is 0 Å². The largest absolute Gasteiger partial charge is 0.351 e. The number of likely N-dealkylation sites (tertiary alicyclic amines) is 1. The van der Waals surface area contributed by atoms with E-state index in [0.29, 0.717) is 0 Å². The lowest BCUT2D eigenvalue weighted by atomic mass is 9.99. The van der Waals surface area contributed by atoms with Gasteiger partial charge in [-0.15, -0.1) is 0 Å². The average Bonchev–Trinajstić information content (AvgIpc) is 2.41. The fourth-order valence-electron chi connectivity index (χ4n) is 2.32. The Morgan fingerprint density at radius 2 is 1.95 bits per heavy atom. The van der Waals surface area contributed by atoms with Gasteiger partial charge in [0.2, 0.25) is 0 Å². The highest BCUT2D eigenvalue weighted by Crippen LogP contribution is 2.15. The SMILES string of the molecule is CC1CCN(CCNC(=O)c2ccc(I)cc2)CC1. The van der Waals surface area contributed by atoms with Crippen LogP contribution in [-0.2, 0) is 0 Å². The van der Waals surface area contributed by atoms with Gasteiger partial charge >= 0.3 is 0 Å². The molecular weight excluding hydrogens is 351 g/mol. The number of carbonyl (C=O) groups is 1. The third-order valence-electron chi connectivity index (χ3n) is 3.70. The molecule has 104 valence electrons. The first-order chi connectivity index (χ1) is 9.15. The summed E-state index contributed by atoms with van der Waals surface area (Å²) in [5.41, 5.74) is 0.743. The van der Waals surface area contributed by atoms with E-state index < -0.39 is 0 Å². The number of piperidine rings is 1. The number of benzene rings is 1. The summed E-state index contributed by atoms with van der Waals surface area (Å²) in [6, 6.07) is 7.67. The highest BCUT2D eigenvalue weighted by molar-refractivity contribution is 14.1. The maximum atomic E-state index is 11.9. The van der Waals surface area contributed by atoms with Gasteiger partial charge in [0.15, 0.2) is 0 Å². The highest BCUT2D eigenvalue weighted by Gasteiger charge is 2.15. The normalized spacial score (nSPS) is 17.4. The van der Waals surface area contributed by atoms with Crippen LogP contribution >= 0.6 is 22.6 Å². The molecule has 0 radical (unpaired) electrons. The summed E-state index contributed by atoms with van der Waals surface area (Å²) in [6.45, 7) is 6.35. The number of nitrogens with one attached hydrogen (secondary N) is 1. The van der Waals surface area contributed by atoms with Crippen LogP contribution in [-0.4, -0.2) is 37.0 Å². The van der Waals surface area contributed by atoms with Crippen molar-refractivity contribution in [1.82, 2.24) is 10.2 Å². The summed E-state index contributed by atoms with van der Waals surface area (Å²) in [5.74, 6) is 0.888. The summed E-state index contributed by atoms with van der Waals surface area (Å²) in [4.78, 5) is 14.4. The Kier molecular flexibility index (Phi) is 5.63. The molecule has 1 fully saturated rings. The monoisotopic (exact) mass is 372 g/mol. The Hall–Kier alpha value is -0.620. The fraction of sp³-hybridized carbons (Fsp3) is 0.533. The van der Waals surface area contributed by atoms with Gasteiger partial charge in [-0.2, -0.15) is 0 Å². The van der Waals surface area contributed by atoms with Gasteiger partial charge in [-0.05, 0) is 78.7 Å². The number of amides is 1. The Morgan fingerprint density at radius 3 is 2.58 bits per heavy atom. The van der Waals surface area contributed by atoms with Crippen LogP contribution in [0, 0.1) is 9.49 Å². The Labute approximate surface area is 128 Å². The molecule has 1 aliphatic rings. The number of nitrogens with zero attached hydrogens (tertiary/aromatic N) is 1. The van der Waals surface area contributed by atoms with E-state index in [9.17, 15) is 4.79 Å². The fourth-order valence-corrected chi connectivity index (χ4v) is 2.68. The standard InChI is InChI=1S/C15H21IN2O/c1-12-6-9-18(10-7-12)11-8-17-15(19)13-2-4-14(16)5-3-13/h2-5,12H,6-11H2,1H3,(H,17,19). The molecule has 0 spiro atoms. The van der Waals surface area contributed by atoms with Crippen LogP contribution in [0.25, 0.3) is 0 Å². The average molecular weight is 372 g/mol. The molecule has 1 heterocycles. The summed E-state index contributed by atoms with van der Waals surface area (Å²) in [5, 5.41) is 2.99. The summed E-state index contributed by atoms with van der Waals surface area (Å²) >= 11 is 2.24. The molecular formula is C15H21IN2O. The maximum absolute atomic E-state index is 11.9. The zero-order chi connectivity index (χ0) is 13.7. The number of carbonyl (C=O) groups excluding carboxylic acids is 1. The van der Waals surface area contributed by atoms with Gasteiger partial charge in [0.25, 0.3) is 5.91 Å². The first-order valence-electron chi connectivity index (χ1n) is 6.91. The van der Waals surface area contributed by atoms with Gasteiger partial charge < -0.3 is 10.2 Å². The van der Waals surface area contributed by atoms with Crippen LogP contribution in [0.3, 0.4) is 0 Å². The van der Waals surface area contributed by atoms with Crippen molar-refractivity contribution in [3.05, 3.63) is 33.4 Å². The van der Waals surface area contributed by atoms with Crippen LogP contribution in [0.4, 0.5) is 0 Å². The lowest BCUT2D eigenvalue weighted by Gasteiger charge is -2.30. The topological polar surface area (TPSA) is 32.3 Å². The van der Waals surface area contributed by atoms with Gasteiger partial charge in [-0.25, -0.2) is 0 Å². The summed E-state index contributed by atoms with van der Waals surface area (Å²) in [6.07, 6.45) is 2.57. The van der Waals surface area contributed by atoms with Crippen LogP contribution in [0.2, 0.25) is 0 Å². The minimum atomic E-state index is 0.0294. The first kappa shape index (κ1) is 14.8. The third kappa shape index (κ3) is 4.76. The molecule has 4 heteroatoms. The van der Waals surface area contributed by atoms with Crippen molar-refractivity contribution in [2.75, 3.05) is 26.2 Å². The number of halogens is 1. The second kappa shape index (κ2) is 7.24. The predicted octanol–water partition coefficient (Wildman–Crippen LogP) is 2.75. The van der Waals surface area contributed by atoms with Crippen molar-refractivity contribution in [2.45, 2.75) is 19.8 Å². The van der Waals surface area contributed by atoms with Crippen LogP contribution in [0.15, 0.2) is 24.3 Å². The molecule has 0 aromatic heterocycles. The van der Waals surface area contributed by atoms with E-state index in [-0.39, 0.29) is 5.91 Å². The molecule has 0 unspecified atom stereocenters. The second-order valence-corrected chi connectivity index (χ2v) is 6.53. The Morgan fingerprint density at radius 1 is 1.32 bits per heavy atom. The zero-order valence-corrected chi connectivity index (χ0v) is 13.5. The molecule has 2 rings (SSSR count). The molecule has 1 aliphatic heterocycles. The summed E-state index contributed by atoms with van der Waals surface area (Å²) < 4.78 is 1.15. The van der Waals surface area contributed by atoms with Crippen LogP contribution < -0.4 is 5.32 Å². The molecule has 1 N–H and O–H groups in total. The van der Waals surface area contributed by atoms with E-state index in [4.69, 9.17) is 0 Å². The molecule has 0 saturated carbocycles. The number of hydrogen-bond acceptors (Lipinski definition) is 2. The van der Waals surface area contributed by atoms with Gasteiger partial charge in [0.1, 0.15) is 0 Å². The van der Waals surface area contributed by atoms with Crippen LogP contribution in [0.5, 0.6) is 0 Å². The Bertz CT molecular complexity index is 411. The van der Waals surface area contributed by atoms with Gasteiger partial charge in [-0.1, -0.05) is 6.92 Å². The smallest absolute Gasteiger partial charge is 0.251 e. The minimum Gasteiger partial charge on any atom is -0.351 e. The first-order valence-corrected chi connectivity index (χ1v) is 7.99. The lowest BCUT2D eigenvalue weighted by molar-refractivity contribution is 0.0944. The predicted molar refractivity (Wildman–Crippen MR) is 86.3 cm³/mol. The molecule has 19 heavy (non-hydrogen) atoms. The maximum Gasteiger partial charge on any atom is 0.251 e. The van der Waals surface area contributed by atoms with E-state index in [2.05, 4.69) is 39.7 Å². The van der Waals surface area contributed by atoms with E-state index in [1.165, 1.54) is 25.9 Å². The molecule has 0 atom stereocenters. The van der Waals surface area contributed by atoms with Crippen molar-refractivity contribution in [3.63, 3.8) is 0 Å². The molecule has 1 amide bonds.